The van der Waals surface area contributed by atoms with Crippen LogP contribution in [0.15, 0.2) is 48.5 Å². The topological polar surface area (TPSA) is 93.2 Å². The van der Waals surface area contributed by atoms with Gasteiger partial charge in [-0.15, -0.1) is 0 Å². The summed E-state index contributed by atoms with van der Waals surface area (Å²) in [4.78, 5) is 24.7. The van der Waals surface area contributed by atoms with E-state index in [0.29, 0.717) is 17.7 Å². The number of hydrogen-bond donors (Lipinski definition) is 2. The minimum atomic E-state index is -0.468. The largest absolute Gasteiger partial charge is 0.446 e. The number of carbonyl (C=O) groups excluding carboxylic acids is 2. The van der Waals surface area contributed by atoms with Crippen molar-refractivity contribution in [3.63, 3.8) is 0 Å². The maximum atomic E-state index is 12.6. The van der Waals surface area contributed by atoms with Gasteiger partial charge < -0.3 is 10.1 Å². The molecule has 0 unspecified atom stereocenters. The first-order valence-corrected chi connectivity index (χ1v) is 9.96. The van der Waals surface area contributed by atoms with Gasteiger partial charge in [0.2, 0.25) is 0 Å². The molecule has 0 saturated heterocycles. The maximum Gasteiger partial charge on any atom is 0.411 e. The lowest BCUT2D eigenvalue weighted by Gasteiger charge is -2.29. The van der Waals surface area contributed by atoms with E-state index >= 15 is 0 Å². The molecule has 1 aliphatic rings. The predicted molar refractivity (Wildman–Crippen MR) is 107 cm³/mol. The van der Waals surface area contributed by atoms with Crippen LogP contribution in [0.2, 0.25) is 0 Å². The van der Waals surface area contributed by atoms with E-state index in [1.807, 2.05) is 18.2 Å². The van der Waals surface area contributed by atoms with E-state index in [-0.39, 0.29) is 18.1 Å². The highest BCUT2D eigenvalue weighted by Gasteiger charge is 2.26. The van der Waals surface area contributed by atoms with Gasteiger partial charge in [0.1, 0.15) is 17.1 Å². The van der Waals surface area contributed by atoms with Gasteiger partial charge in [-0.25, -0.2) is 4.79 Å². The Morgan fingerprint density at radius 3 is 2.71 bits per heavy atom. The van der Waals surface area contributed by atoms with Gasteiger partial charge in [-0.2, -0.15) is 8.75 Å². The number of hydrogen-bond acceptors (Lipinski definition) is 6. The summed E-state index contributed by atoms with van der Waals surface area (Å²) in [6.45, 7) is 0. The van der Waals surface area contributed by atoms with Crippen LogP contribution in [0.25, 0.3) is 11.0 Å². The molecule has 1 heterocycles. The summed E-state index contributed by atoms with van der Waals surface area (Å²) >= 11 is 1.13. The summed E-state index contributed by atoms with van der Waals surface area (Å²) in [6, 6.07) is 14.5. The SMILES string of the molecule is O=C(Nc1ccccc1)O[C@H]1CCC[C@H](NC(=O)c2ccc3nsnc3c2)C1. The van der Waals surface area contributed by atoms with Crippen molar-refractivity contribution in [2.24, 2.45) is 0 Å². The fraction of sp³-hybridized carbons (Fsp3) is 0.300. The van der Waals surface area contributed by atoms with Crippen LogP contribution in [-0.2, 0) is 4.74 Å². The number of amides is 2. The Labute approximate surface area is 166 Å². The van der Waals surface area contributed by atoms with Gasteiger partial charge in [0.15, 0.2) is 0 Å². The highest BCUT2D eigenvalue weighted by atomic mass is 32.1. The molecule has 2 atom stereocenters. The Balaban J connectivity index is 1.31. The molecule has 4 rings (SSSR count). The molecule has 2 amide bonds. The number of aromatic nitrogens is 2. The molecule has 1 fully saturated rings. The number of rotatable bonds is 4. The van der Waals surface area contributed by atoms with Crippen molar-refractivity contribution in [2.75, 3.05) is 5.32 Å². The van der Waals surface area contributed by atoms with E-state index in [9.17, 15) is 9.59 Å². The van der Waals surface area contributed by atoms with Crippen LogP contribution in [-0.4, -0.2) is 32.9 Å². The summed E-state index contributed by atoms with van der Waals surface area (Å²) in [6.07, 6.45) is 2.48. The number of nitrogens with zero attached hydrogens (tertiary/aromatic N) is 2. The molecular weight excluding hydrogens is 376 g/mol. The number of fused-ring (bicyclic) bond motifs is 1. The second-order valence-corrected chi connectivity index (χ2v) is 7.35. The normalized spacial score (nSPS) is 19.1. The molecule has 0 radical (unpaired) electrons. The fourth-order valence-electron chi connectivity index (χ4n) is 3.40. The van der Waals surface area contributed by atoms with Gasteiger partial charge in [-0.1, -0.05) is 18.2 Å². The molecule has 1 aromatic heterocycles. The van der Waals surface area contributed by atoms with Gasteiger partial charge >= 0.3 is 6.09 Å². The third-order valence-corrected chi connectivity index (χ3v) is 5.33. The van der Waals surface area contributed by atoms with Crippen molar-refractivity contribution in [3.05, 3.63) is 54.1 Å². The van der Waals surface area contributed by atoms with E-state index in [4.69, 9.17) is 4.74 Å². The van der Waals surface area contributed by atoms with Crippen molar-refractivity contribution in [2.45, 2.75) is 37.8 Å². The molecule has 7 nitrogen and oxygen atoms in total. The number of anilines is 1. The summed E-state index contributed by atoms with van der Waals surface area (Å²) in [7, 11) is 0. The van der Waals surface area contributed by atoms with Gasteiger partial charge in [0, 0.05) is 23.7 Å². The average molecular weight is 396 g/mol. The standard InChI is InChI=1S/C20H20N4O3S/c25-19(13-9-10-17-18(11-13)24-28-23-17)21-15-7-4-8-16(12-15)27-20(26)22-14-5-2-1-3-6-14/h1-3,5-6,9-11,15-16H,4,7-8,12H2,(H,21,25)(H,22,26)/t15-,16-/m0/s1. The van der Waals surface area contributed by atoms with Crippen molar-refractivity contribution in [3.8, 4) is 0 Å². The molecule has 1 saturated carbocycles. The number of benzene rings is 2. The Morgan fingerprint density at radius 2 is 1.86 bits per heavy atom. The molecule has 2 aromatic carbocycles. The first-order valence-electron chi connectivity index (χ1n) is 9.23. The maximum absolute atomic E-state index is 12.6. The number of carbonyl (C=O) groups is 2. The lowest BCUT2D eigenvalue weighted by Crippen LogP contribution is -2.41. The Bertz CT molecular complexity index is 976. The zero-order valence-electron chi connectivity index (χ0n) is 15.1. The second kappa shape index (κ2) is 8.35. The molecule has 0 aliphatic heterocycles. The lowest BCUT2D eigenvalue weighted by atomic mass is 9.92. The molecule has 2 N–H and O–H groups in total. The van der Waals surface area contributed by atoms with Gasteiger partial charge in [0.05, 0.1) is 11.7 Å². The summed E-state index contributed by atoms with van der Waals surface area (Å²) in [5, 5.41) is 5.77. The zero-order chi connectivity index (χ0) is 19.3. The van der Waals surface area contributed by atoms with E-state index < -0.39 is 6.09 Å². The fourth-order valence-corrected chi connectivity index (χ4v) is 3.91. The third kappa shape index (κ3) is 4.45. The second-order valence-electron chi connectivity index (χ2n) is 6.82. The first kappa shape index (κ1) is 18.4. The molecule has 0 spiro atoms. The molecule has 144 valence electrons. The summed E-state index contributed by atoms with van der Waals surface area (Å²) < 4.78 is 13.9. The first-order chi connectivity index (χ1) is 13.7. The Kier molecular flexibility index (Phi) is 5.48. The molecule has 8 heteroatoms. The van der Waals surface area contributed by atoms with E-state index in [1.165, 1.54) is 0 Å². The average Bonchev–Trinajstić information content (AvgIpc) is 3.16. The van der Waals surface area contributed by atoms with Gasteiger partial charge in [0.25, 0.3) is 5.91 Å². The lowest BCUT2D eigenvalue weighted by molar-refractivity contribution is 0.0712. The summed E-state index contributed by atoms with van der Waals surface area (Å²) in [5.41, 5.74) is 2.77. The monoisotopic (exact) mass is 396 g/mol. The quantitative estimate of drug-likeness (QED) is 0.696. The van der Waals surface area contributed by atoms with Crippen molar-refractivity contribution in [1.82, 2.24) is 14.1 Å². The van der Waals surface area contributed by atoms with Crippen LogP contribution < -0.4 is 10.6 Å². The minimum absolute atomic E-state index is 0.0277. The van der Waals surface area contributed by atoms with Crippen molar-refractivity contribution >= 4 is 40.4 Å². The minimum Gasteiger partial charge on any atom is -0.446 e. The molecule has 0 bridgehead atoms. The predicted octanol–water partition coefficient (Wildman–Crippen LogP) is 3.98. The van der Waals surface area contributed by atoms with Crippen LogP contribution in [0.4, 0.5) is 10.5 Å². The Hall–Kier alpha value is -3.00. The summed E-state index contributed by atoms with van der Waals surface area (Å²) in [5.74, 6) is -0.144. The van der Waals surface area contributed by atoms with E-state index in [1.54, 1.807) is 30.3 Å². The smallest absolute Gasteiger partial charge is 0.411 e. The molecule has 1 aliphatic carbocycles. The molecule has 28 heavy (non-hydrogen) atoms. The highest BCUT2D eigenvalue weighted by molar-refractivity contribution is 7.00. The van der Waals surface area contributed by atoms with Crippen LogP contribution in [0.1, 0.15) is 36.0 Å². The van der Waals surface area contributed by atoms with Gasteiger partial charge in [-0.05, 0) is 49.6 Å². The molecular formula is C20H20N4O3S. The third-order valence-electron chi connectivity index (χ3n) is 4.77. The number of para-hydroxylation sites is 1. The van der Waals surface area contributed by atoms with Gasteiger partial charge in [-0.3, -0.25) is 10.1 Å². The van der Waals surface area contributed by atoms with E-state index in [0.717, 1.165) is 42.0 Å². The van der Waals surface area contributed by atoms with Crippen molar-refractivity contribution in [1.29, 1.82) is 0 Å². The van der Waals surface area contributed by atoms with E-state index in [2.05, 4.69) is 19.4 Å². The molecule has 3 aromatic rings. The van der Waals surface area contributed by atoms with Crippen LogP contribution in [0.3, 0.4) is 0 Å². The van der Waals surface area contributed by atoms with Crippen molar-refractivity contribution < 1.29 is 14.3 Å². The number of ether oxygens (including phenoxy) is 1. The highest BCUT2D eigenvalue weighted by Crippen LogP contribution is 2.23. The van der Waals surface area contributed by atoms with Crippen LogP contribution in [0, 0.1) is 0 Å². The van der Waals surface area contributed by atoms with Crippen LogP contribution in [0.5, 0.6) is 0 Å². The Morgan fingerprint density at radius 1 is 1.04 bits per heavy atom. The zero-order valence-corrected chi connectivity index (χ0v) is 15.9. The number of nitrogens with one attached hydrogen (secondary N) is 2. The van der Waals surface area contributed by atoms with Crippen LogP contribution >= 0.6 is 11.7 Å².